The van der Waals surface area contributed by atoms with Gasteiger partial charge in [0, 0.05) is 34.9 Å². The minimum Gasteiger partial charge on any atom is -0.338 e. The lowest BCUT2D eigenvalue weighted by atomic mass is 10.1. The molecule has 7 heteroatoms. The molecule has 2 N–H and O–H groups in total. The molecule has 0 saturated heterocycles. The second-order valence-corrected chi connectivity index (χ2v) is 7.47. The summed E-state index contributed by atoms with van der Waals surface area (Å²) in [6.07, 6.45) is 7.92. The van der Waals surface area contributed by atoms with Crippen molar-refractivity contribution in [2.24, 2.45) is 5.92 Å². The average Bonchev–Trinajstić information content (AvgIpc) is 3.08. The molecule has 1 amide bonds. The Kier molecular flexibility index (Phi) is 4.00. The number of hydrogen-bond donors (Lipinski definition) is 2. The first kappa shape index (κ1) is 16.8. The molecule has 0 unspecified atom stereocenters. The van der Waals surface area contributed by atoms with Gasteiger partial charge in [0.25, 0.3) is 0 Å². The minimum atomic E-state index is -0.0557. The zero-order chi connectivity index (χ0) is 19.1. The Morgan fingerprint density at radius 2 is 2.14 bits per heavy atom. The summed E-state index contributed by atoms with van der Waals surface area (Å²) in [4.78, 5) is 12.6. The topological polar surface area (TPSA) is 80.5 Å². The molecule has 3 aromatic heterocycles. The van der Waals surface area contributed by atoms with Gasteiger partial charge < -0.3 is 9.88 Å². The largest absolute Gasteiger partial charge is 0.338 e. The van der Waals surface area contributed by atoms with Crippen LogP contribution in [0.1, 0.15) is 25.8 Å². The first-order valence-corrected chi connectivity index (χ1v) is 9.61. The lowest BCUT2D eigenvalue weighted by molar-refractivity contribution is -0.116. The first-order chi connectivity index (χ1) is 13.7. The van der Waals surface area contributed by atoms with Crippen molar-refractivity contribution in [1.29, 1.82) is 0 Å². The van der Waals surface area contributed by atoms with Crippen molar-refractivity contribution in [3.05, 3.63) is 55.0 Å². The van der Waals surface area contributed by atoms with Crippen LogP contribution in [0.2, 0.25) is 0 Å². The van der Waals surface area contributed by atoms with E-state index in [2.05, 4.69) is 33.6 Å². The number of rotatable bonds is 6. The molecule has 1 aliphatic rings. The van der Waals surface area contributed by atoms with Crippen molar-refractivity contribution >= 4 is 22.6 Å². The van der Waals surface area contributed by atoms with Gasteiger partial charge in [-0.3, -0.25) is 9.89 Å². The number of nitrogens with one attached hydrogen (secondary N) is 2. The second-order valence-electron chi connectivity index (χ2n) is 7.47. The highest BCUT2D eigenvalue weighted by molar-refractivity contribution is 5.92. The molecule has 0 spiro atoms. The second kappa shape index (κ2) is 6.67. The SMILES string of the molecule is C[C@H](C1CC1)n1nccc1NC(=O)Cn1ccc2cc(-c3ccn[nH]3)ccc21. The predicted molar refractivity (Wildman–Crippen MR) is 108 cm³/mol. The van der Waals surface area contributed by atoms with Crippen LogP contribution in [-0.2, 0) is 11.3 Å². The Bertz CT molecular complexity index is 1120. The summed E-state index contributed by atoms with van der Waals surface area (Å²) in [5.41, 5.74) is 3.08. The summed E-state index contributed by atoms with van der Waals surface area (Å²) in [7, 11) is 0. The molecule has 1 saturated carbocycles. The van der Waals surface area contributed by atoms with Crippen LogP contribution in [0.15, 0.2) is 55.0 Å². The fourth-order valence-corrected chi connectivity index (χ4v) is 3.78. The van der Waals surface area contributed by atoms with Crippen molar-refractivity contribution in [1.82, 2.24) is 24.5 Å². The van der Waals surface area contributed by atoms with Crippen LogP contribution in [0.25, 0.3) is 22.2 Å². The molecular formula is C21H22N6O. The monoisotopic (exact) mass is 374 g/mol. The fourth-order valence-electron chi connectivity index (χ4n) is 3.78. The molecular weight excluding hydrogens is 352 g/mol. The van der Waals surface area contributed by atoms with Gasteiger partial charge in [0.05, 0.1) is 17.9 Å². The van der Waals surface area contributed by atoms with Gasteiger partial charge in [0.15, 0.2) is 0 Å². The number of benzene rings is 1. The van der Waals surface area contributed by atoms with E-state index >= 15 is 0 Å². The predicted octanol–water partition coefficient (Wildman–Crippen LogP) is 3.84. The summed E-state index contributed by atoms with van der Waals surface area (Å²) in [6, 6.07) is 12.3. The molecule has 5 rings (SSSR count). The zero-order valence-corrected chi connectivity index (χ0v) is 15.7. The van der Waals surface area contributed by atoms with E-state index in [1.807, 2.05) is 45.8 Å². The molecule has 1 fully saturated rings. The number of hydrogen-bond acceptors (Lipinski definition) is 3. The Hall–Kier alpha value is -3.35. The van der Waals surface area contributed by atoms with Crippen molar-refractivity contribution in [3.63, 3.8) is 0 Å². The summed E-state index contributed by atoms with van der Waals surface area (Å²) in [5, 5.41) is 15.5. The van der Waals surface area contributed by atoms with Crippen LogP contribution in [0, 0.1) is 5.92 Å². The van der Waals surface area contributed by atoms with Gasteiger partial charge in [-0.15, -0.1) is 0 Å². The van der Waals surface area contributed by atoms with E-state index in [4.69, 9.17) is 0 Å². The van der Waals surface area contributed by atoms with Crippen molar-refractivity contribution < 1.29 is 4.79 Å². The lowest BCUT2D eigenvalue weighted by Crippen LogP contribution is -2.22. The third-order valence-corrected chi connectivity index (χ3v) is 5.52. The van der Waals surface area contributed by atoms with Crippen molar-refractivity contribution in [3.8, 4) is 11.3 Å². The third-order valence-electron chi connectivity index (χ3n) is 5.52. The molecule has 1 aliphatic carbocycles. The maximum Gasteiger partial charge on any atom is 0.245 e. The highest BCUT2D eigenvalue weighted by Crippen LogP contribution is 2.40. The number of amides is 1. The van der Waals surface area contributed by atoms with E-state index in [1.54, 1.807) is 12.4 Å². The van der Waals surface area contributed by atoms with Crippen molar-refractivity contribution in [2.45, 2.75) is 32.4 Å². The first-order valence-electron chi connectivity index (χ1n) is 9.61. The Morgan fingerprint density at radius 3 is 2.93 bits per heavy atom. The normalized spacial score (nSPS) is 15.0. The number of nitrogens with zero attached hydrogens (tertiary/aromatic N) is 4. The van der Waals surface area contributed by atoms with Crippen molar-refractivity contribution in [2.75, 3.05) is 5.32 Å². The lowest BCUT2D eigenvalue weighted by Gasteiger charge is -2.15. The molecule has 28 heavy (non-hydrogen) atoms. The highest BCUT2D eigenvalue weighted by Gasteiger charge is 2.30. The van der Waals surface area contributed by atoms with Gasteiger partial charge in [-0.1, -0.05) is 6.07 Å². The molecule has 4 aromatic rings. The molecule has 7 nitrogen and oxygen atoms in total. The van der Waals surface area contributed by atoms with Gasteiger partial charge in [-0.25, -0.2) is 4.68 Å². The average molecular weight is 374 g/mol. The molecule has 0 radical (unpaired) electrons. The smallest absolute Gasteiger partial charge is 0.245 e. The van der Waals surface area contributed by atoms with Crippen LogP contribution < -0.4 is 5.32 Å². The van der Waals surface area contributed by atoms with Gasteiger partial charge in [0.2, 0.25) is 5.91 Å². The molecule has 1 aromatic carbocycles. The standard InChI is InChI=1S/C21H22N6O/c1-14(15-2-3-15)27-20(7-10-23-27)24-21(28)13-26-11-8-17-12-16(4-5-19(17)26)18-6-9-22-25-18/h4-12,14-15H,2-3,13H2,1H3,(H,22,25)(H,24,28)/t14-/m1/s1. The molecule has 3 heterocycles. The maximum atomic E-state index is 12.6. The Balaban J connectivity index is 1.33. The Morgan fingerprint density at radius 1 is 1.25 bits per heavy atom. The number of fused-ring (bicyclic) bond motifs is 1. The summed E-state index contributed by atoms with van der Waals surface area (Å²) < 4.78 is 3.90. The molecule has 0 bridgehead atoms. The summed E-state index contributed by atoms with van der Waals surface area (Å²) in [5.74, 6) is 1.38. The fraction of sp³-hybridized carbons (Fsp3) is 0.286. The van der Waals surface area contributed by atoms with Crippen LogP contribution in [0.4, 0.5) is 5.82 Å². The maximum absolute atomic E-state index is 12.6. The number of anilines is 1. The van der Waals surface area contributed by atoms with Gasteiger partial charge in [0.1, 0.15) is 12.4 Å². The van der Waals surface area contributed by atoms with Gasteiger partial charge in [-0.2, -0.15) is 10.2 Å². The van der Waals surface area contributed by atoms with E-state index in [1.165, 1.54) is 12.8 Å². The molecule has 0 aliphatic heterocycles. The van der Waals surface area contributed by atoms with Crippen LogP contribution in [0.5, 0.6) is 0 Å². The number of aromatic amines is 1. The van der Waals surface area contributed by atoms with E-state index in [9.17, 15) is 4.79 Å². The van der Waals surface area contributed by atoms with Gasteiger partial charge >= 0.3 is 0 Å². The quantitative estimate of drug-likeness (QED) is 0.538. The number of carbonyl (C=O) groups is 1. The van der Waals surface area contributed by atoms with Crippen LogP contribution >= 0.6 is 0 Å². The van der Waals surface area contributed by atoms with E-state index in [-0.39, 0.29) is 12.5 Å². The van der Waals surface area contributed by atoms with E-state index in [0.29, 0.717) is 12.0 Å². The van der Waals surface area contributed by atoms with Crippen LogP contribution in [0.3, 0.4) is 0 Å². The summed E-state index contributed by atoms with van der Waals surface area (Å²) in [6.45, 7) is 2.42. The molecule has 1 atom stereocenters. The Labute approximate surface area is 162 Å². The minimum absolute atomic E-state index is 0.0557. The molecule has 142 valence electrons. The zero-order valence-electron chi connectivity index (χ0n) is 15.7. The van der Waals surface area contributed by atoms with Gasteiger partial charge in [-0.05, 0) is 49.9 Å². The third kappa shape index (κ3) is 3.09. The summed E-state index contributed by atoms with van der Waals surface area (Å²) >= 11 is 0. The van der Waals surface area contributed by atoms with E-state index in [0.717, 1.165) is 28.0 Å². The number of aromatic nitrogens is 5. The highest BCUT2D eigenvalue weighted by atomic mass is 16.2. The van der Waals surface area contributed by atoms with E-state index < -0.39 is 0 Å². The number of carbonyl (C=O) groups excluding carboxylic acids is 1. The van der Waals surface area contributed by atoms with Crippen LogP contribution in [-0.4, -0.2) is 30.5 Å². The number of H-pyrrole nitrogens is 1.